The standard InChI is InChI=1S/C6H8O2.FH.Na/c1-2-3-4-5-6(7)8;;/h2-5H,1H3,(H,7,8);1H;/q;;+1/p-1/b3-2+,5-4+;;. The van der Waals surface area contributed by atoms with Gasteiger partial charge in [0, 0.05) is 6.08 Å². The van der Waals surface area contributed by atoms with Crippen LogP contribution >= 0.6 is 0 Å². The first-order valence-corrected chi connectivity index (χ1v) is 2.29. The molecule has 0 aliphatic carbocycles. The fourth-order valence-corrected chi connectivity index (χ4v) is 0.249. The van der Waals surface area contributed by atoms with E-state index in [0.717, 1.165) is 6.08 Å². The first-order chi connectivity index (χ1) is 3.77. The van der Waals surface area contributed by atoms with Gasteiger partial charge in [-0.3, -0.25) is 0 Å². The van der Waals surface area contributed by atoms with Gasteiger partial charge in [0.1, 0.15) is 0 Å². The minimum atomic E-state index is -0.914. The summed E-state index contributed by atoms with van der Waals surface area (Å²) < 4.78 is 0. The van der Waals surface area contributed by atoms with Crippen LogP contribution < -0.4 is 34.3 Å². The maximum atomic E-state index is 9.75. The molecule has 0 aromatic carbocycles. The number of carboxylic acid groups (broad SMARTS) is 1. The van der Waals surface area contributed by atoms with Gasteiger partial charge in [0.25, 0.3) is 0 Å². The molecule has 0 amide bonds. The maximum Gasteiger partial charge on any atom is 1.00 e. The SMILES string of the molecule is C/C=C/C=C/C(=O)O.[F-].[Na+]. The number of aliphatic carboxylic acids is 1. The van der Waals surface area contributed by atoms with Crippen molar-refractivity contribution in [2.24, 2.45) is 0 Å². The van der Waals surface area contributed by atoms with Crippen LogP contribution in [0.3, 0.4) is 0 Å². The second kappa shape index (κ2) is 11.6. The van der Waals surface area contributed by atoms with Gasteiger partial charge < -0.3 is 9.81 Å². The van der Waals surface area contributed by atoms with Crippen molar-refractivity contribution in [2.45, 2.75) is 6.92 Å². The van der Waals surface area contributed by atoms with Gasteiger partial charge in [-0.05, 0) is 6.92 Å². The molecule has 0 aromatic heterocycles. The zero-order valence-electron chi connectivity index (χ0n) is 6.04. The van der Waals surface area contributed by atoms with Gasteiger partial charge in [-0.2, -0.15) is 0 Å². The summed E-state index contributed by atoms with van der Waals surface area (Å²) in [5.41, 5.74) is 0. The topological polar surface area (TPSA) is 37.3 Å². The van der Waals surface area contributed by atoms with Gasteiger partial charge in [0.15, 0.2) is 0 Å². The Kier molecular flexibility index (Phi) is 19.2. The second-order valence-corrected chi connectivity index (χ2v) is 1.22. The quantitative estimate of drug-likeness (QED) is 0.246. The van der Waals surface area contributed by atoms with Gasteiger partial charge in [-0.15, -0.1) is 0 Å². The first kappa shape index (κ1) is 16.5. The van der Waals surface area contributed by atoms with Crippen LogP contribution in [-0.4, -0.2) is 11.1 Å². The monoisotopic (exact) mass is 154 g/mol. The Morgan fingerprint density at radius 2 is 1.90 bits per heavy atom. The van der Waals surface area contributed by atoms with Gasteiger partial charge in [0.05, 0.1) is 0 Å². The molecule has 0 saturated carbocycles. The number of hydrogen-bond acceptors (Lipinski definition) is 1. The van der Waals surface area contributed by atoms with Crippen LogP contribution in [0.1, 0.15) is 6.92 Å². The fourth-order valence-electron chi connectivity index (χ4n) is 0.249. The van der Waals surface area contributed by atoms with E-state index in [0.29, 0.717) is 0 Å². The summed E-state index contributed by atoms with van der Waals surface area (Å²) in [7, 11) is 0. The first-order valence-electron chi connectivity index (χ1n) is 2.29. The molecule has 0 atom stereocenters. The summed E-state index contributed by atoms with van der Waals surface area (Å²) in [4.78, 5) is 9.75. The van der Waals surface area contributed by atoms with E-state index in [1.807, 2.05) is 6.92 Å². The van der Waals surface area contributed by atoms with E-state index >= 15 is 0 Å². The number of hydrogen-bond donors (Lipinski definition) is 1. The van der Waals surface area contributed by atoms with Gasteiger partial charge in [-0.25, -0.2) is 4.79 Å². The Hall–Kier alpha value is -0.120. The molecule has 0 fully saturated rings. The molecule has 0 bridgehead atoms. The molecule has 10 heavy (non-hydrogen) atoms. The minimum Gasteiger partial charge on any atom is -1.00 e. The largest absolute Gasteiger partial charge is 1.00 e. The molecule has 0 aliphatic rings. The fraction of sp³-hybridized carbons (Fsp3) is 0.167. The van der Waals surface area contributed by atoms with E-state index in [-0.39, 0.29) is 34.3 Å². The third kappa shape index (κ3) is 15.7. The van der Waals surface area contributed by atoms with Crippen molar-refractivity contribution in [3.05, 3.63) is 24.3 Å². The Morgan fingerprint density at radius 3 is 2.20 bits per heavy atom. The molecule has 0 aromatic rings. The molecule has 0 saturated heterocycles. The molecule has 2 nitrogen and oxygen atoms in total. The third-order valence-corrected chi connectivity index (χ3v) is 0.542. The van der Waals surface area contributed by atoms with Crippen LogP contribution in [0.4, 0.5) is 0 Å². The van der Waals surface area contributed by atoms with Gasteiger partial charge >= 0.3 is 35.5 Å². The maximum absolute atomic E-state index is 9.75. The van der Waals surface area contributed by atoms with Crippen molar-refractivity contribution in [1.29, 1.82) is 0 Å². The van der Waals surface area contributed by atoms with Crippen molar-refractivity contribution in [2.75, 3.05) is 0 Å². The van der Waals surface area contributed by atoms with E-state index in [2.05, 4.69) is 0 Å². The Balaban J connectivity index is -0.000000245. The van der Waals surface area contributed by atoms with Crippen LogP contribution in [0.2, 0.25) is 0 Å². The molecule has 0 heterocycles. The summed E-state index contributed by atoms with van der Waals surface area (Å²) >= 11 is 0. The molecule has 0 rings (SSSR count). The van der Waals surface area contributed by atoms with Crippen molar-refractivity contribution in [3.8, 4) is 0 Å². The van der Waals surface area contributed by atoms with Crippen molar-refractivity contribution in [3.63, 3.8) is 0 Å². The number of halogens is 1. The van der Waals surface area contributed by atoms with Gasteiger partial charge in [0.2, 0.25) is 0 Å². The van der Waals surface area contributed by atoms with E-state index in [1.165, 1.54) is 6.08 Å². The Morgan fingerprint density at radius 1 is 1.40 bits per heavy atom. The minimum absolute atomic E-state index is 0. The van der Waals surface area contributed by atoms with Crippen molar-refractivity contribution >= 4 is 5.97 Å². The van der Waals surface area contributed by atoms with Crippen molar-refractivity contribution in [1.82, 2.24) is 0 Å². The van der Waals surface area contributed by atoms with Crippen LogP contribution in [-0.2, 0) is 4.79 Å². The molecule has 0 unspecified atom stereocenters. The van der Waals surface area contributed by atoms with Crippen LogP contribution in [0.5, 0.6) is 0 Å². The van der Waals surface area contributed by atoms with Crippen LogP contribution in [0, 0.1) is 0 Å². The zero-order chi connectivity index (χ0) is 6.41. The average molecular weight is 154 g/mol. The zero-order valence-corrected chi connectivity index (χ0v) is 8.04. The van der Waals surface area contributed by atoms with E-state index < -0.39 is 5.97 Å². The summed E-state index contributed by atoms with van der Waals surface area (Å²) in [6.07, 6.45) is 5.98. The average Bonchev–Trinajstić information content (AvgIpc) is 1.66. The summed E-state index contributed by atoms with van der Waals surface area (Å²) in [5.74, 6) is -0.914. The van der Waals surface area contributed by atoms with E-state index in [1.54, 1.807) is 12.2 Å². The molecular weight excluding hydrogens is 146 g/mol. The molecule has 1 N–H and O–H groups in total. The molecule has 0 radical (unpaired) electrons. The molecule has 0 aliphatic heterocycles. The number of allylic oxidation sites excluding steroid dienone is 3. The number of carbonyl (C=O) groups is 1. The Bertz CT molecular complexity index is 132. The molecule has 52 valence electrons. The normalized spacial score (nSPS) is 8.90. The predicted octanol–water partition coefficient (Wildman–Crippen LogP) is -4.79. The number of carboxylic acids is 1. The summed E-state index contributed by atoms with van der Waals surface area (Å²) in [6.45, 7) is 1.83. The van der Waals surface area contributed by atoms with Gasteiger partial charge in [-0.1, -0.05) is 18.2 Å². The molecule has 4 heteroatoms. The van der Waals surface area contributed by atoms with Crippen molar-refractivity contribution < 1.29 is 44.2 Å². The van der Waals surface area contributed by atoms with Crippen LogP contribution in [0.15, 0.2) is 24.3 Å². The molecule has 0 spiro atoms. The Labute approximate surface area is 81.3 Å². The van der Waals surface area contributed by atoms with E-state index in [9.17, 15) is 4.79 Å². The summed E-state index contributed by atoms with van der Waals surface area (Å²) in [5, 5.41) is 8.02. The van der Waals surface area contributed by atoms with E-state index in [4.69, 9.17) is 5.11 Å². The predicted molar refractivity (Wildman–Crippen MR) is 31.6 cm³/mol. The molecular formula is C6H8FNaO2. The number of rotatable bonds is 2. The summed E-state index contributed by atoms with van der Waals surface area (Å²) in [6, 6.07) is 0. The smallest absolute Gasteiger partial charge is 1.00 e. The van der Waals surface area contributed by atoms with Crippen LogP contribution in [0.25, 0.3) is 0 Å². The second-order valence-electron chi connectivity index (χ2n) is 1.22. The third-order valence-electron chi connectivity index (χ3n) is 0.542.